The highest BCUT2D eigenvalue weighted by Gasteiger charge is 2.39. The van der Waals surface area contributed by atoms with Crippen LogP contribution < -0.4 is 5.73 Å². The van der Waals surface area contributed by atoms with Crippen LogP contribution in [0.3, 0.4) is 0 Å². The third-order valence-corrected chi connectivity index (χ3v) is 3.01. The molecular weight excluding hydrogens is 197 g/mol. The van der Waals surface area contributed by atoms with Crippen LogP contribution in [0.1, 0.15) is 25.5 Å². The van der Waals surface area contributed by atoms with Gasteiger partial charge in [-0.3, -0.25) is 0 Å². The Balaban J connectivity index is 2.20. The van der Waals surface area contributed by atoms with E-state index in [1.165, 1.54) is 4.68 Å². The first-order valence-electron chi connectivity index (χ1n) is 5.17. The Labute approximate surface area is 87.9 Å². The molecule has 1 heterocycles. The van der Waals surface area contributed by atoms with E-state index in [0.29, 0.717) is 12.1 Å². The number of anilines is 1. The lowest BCUT2D eigenvalue weighted by Crippen LogP contribution is -2.08. The van der Waals surface area contributed by atoms with Crippen LogP contribution in [0.15, 0.2) is 0 Å². The van der Waals surface area contributed by atoms with Crippen LogP contribution in [-0.2, 0) is 13.0 Å². The molecule has 2 rings (SSSR count). The van der Waals surface area contributed by atoms with Gasteiger partial charge in [0.1, 0.15) is 5.69 Å². The number of hydrogen-bond acceptors (Lipinski definition) is 3. The highest BCUT2D eigenvalue weighted by Crippen LogP contribution is 2.47. The van der Waals surface area contributed by atoms with Crippen molar-refractivity contribution in [2.75, 3.05) is 12.3 Å². The second kappa shape index (κ2) is 3.48. The maximum absolute atomic E-state index is 13.6. The standard InChI is InChI=1S/C10H16FN3O/c1-10(2-3-10)6-7-8(11)9(12)14(13-7)4-5-15/h15H,2-6,12H2,1H3. The van der Waals surface area contributed by atoms with Gasteiger partial charge in [0.15, 0.2) is 11.6 Å². The zero-order chi connectivity index (χ0) is 11.1. The molecule has 5 heteroatoms. The first-order valence-corrected chi connectivity index (χ1v) is 5.17. The van der Waals surface area contributed by atoms with Crippen molar-refractivity contribution in [1.29, 1.82) is 0 Å². The van der Waals surface area contributed by atoms with Gasteiger partial charge in [0.25, 0.3) is 0 Å². The molecule has 0 aromatic carbocycles. The van der Waals surface area contributed by atoms with Crippen LogP contribution in [0.5, 0.6) is 0 Å². The molecule has 0 saturated heterocycles. The van der Waals surface area contributed by atoms with Crippen LogP contribution in [0, 0.1) is 11.2 Å². The van der Waals surface area contributed by atoms with Gasteiger partial charge in [0, 0.05) is 0 Å². The summed E-state index contributed by atoms with van der Waals surface area (Å²) in [6.07, 6.45) is 2.89. The van der Waals surface area contributed by atoms with E-state index < -0.39 is 5.82 Å². The number of nitrogens with zero attached hydrogens (tertiary/aromatic N) is 2. The molecule has 3 N–H and O–H groups in total. The van der Waals surface area contributed by atoms with E-state index in [1.807, 2.05) is 0 Å². The first kappa shape index (κ1) is 10.4. The summed E-state index contributed by atoms with van der Waals surface area (Å²) in [5.41, 5.74) is 6.19. The lowest BCUT2D eigenvalue weighted by Gasteiger charge is -2.03. The van der Waals surface area contributed by atoms with Gasteiger partial charge in [-0.25, -0.2) is 9.07 Å². The Morgan fingerprint density at radius 1 is 1.60 bits per heavy atom. The van der Waals surface area contributed by atoms with Crippen molar-refractivity contribution in [3.8, 4) is 0 Å². The van der Waals surface area contributed by atoms with E-state index in [9.17, 15) is 4.39 Å². The topological polar surface area (TPSA) is 64.1 Å². The Bertz CT molecular complexity index is 371. The van der Waals surface area contributed by atoms with E-state index in [2.05, 4.69) is 12.0 Å². The van der Waals surface area contributed by atoms with Gasteiger partial charge < -0.3 is 10.8 Å². The summed E-state index contributed by atoms with van der Waals surface area (Å²) in [7, 11) is 0. The second-order valence-corrected chi connectivity index (χ2v) is 4.58. The third kappa shape index (κ3) is 1.97. The minimum Gasteiger partial charge on any atom is -0.394 e. The van der Waals surface area contributed by atoms with E-state index in [1.54, 1.807) is 0 Å². The van der Waals surface area contributed by atoms with Crippen LogP contribution in [-0.4, -0.2) is 21.5 Å². The summed E-state index contributed by atoms with van der Waals surface area (Å²) in [5, 5.41) is 12.8. The number of aliphatic hydroxyl groups excluding tert-OH is 1. The van der Waals surface area contributed by atoms with Gasteiger partial charge in [0.2, 0.25) is 0 Å². The molecular formula is C10H16FN3O. The SMILES string of the molecule is CC1(Cc2nn(CCO)c(N)c2F)CC1. The summed E-state index contributed by atoms with van der Waals surface area (Å²) in [6, 6.07) is 0. The quantitative estimate of drug-likeness (QED) is 0.782. The van der Waals surface area contributed by atoms with Gasteiger partial charge in [0.05, 0.1) is 13.2 Å². The van der Waals surface area contributed by atoms with Crippen molar-refractivity contribution in [3.05, 3.63) is 11.5 Å². The lowest BCUT2D eigenvalue weighted by atomic mass is 10.0. The number of rotatable bonds is 4. The van der Waals surface area contributed by atoms with E-state index in [0.717, 1.165) is 12.8 Å². The van der Waals surface area contributed by atoms with Gasteiger partial charge in [-0.05, 0) is 24.7 Å². The Hall–Kier alpha value is -1.10. The summed E-state index contributed by atoms with van der Waals surface area (Å²) in [4.78, 5) is 0. The van der Waals surface area contributed by atoms with Crippen molar-refractivity contribution < 1.29 is 9.50 Å². The van der Waals surface area contributed by atoms with Gasteiger partial charge in [-0.15, -0.1) is 0 Å². The van der Waals surface area contributed by atoms with E-state index in [4.69, 9.17) is 10.8 Å². The van der Waals surface area contributed by atoms with Crippen molar-refractivity contribution in [1.82, 2.24) is 9.78 Å². The molecule has 0 unspecified atom stereocenters. The van der Waals surface area contributed by atoms with E-state index >= 15 is 0 Å². The summed E-state index contributed by atoms with van der Waals surface area (Å²) < 4.78 is 14.9. The number of hydrogen-bond donors (Lipinski definition) is 2. The van der Waals surface area contributed by atoms with Crippen molar-refractivity contribution in [3.63, 3.8) is 0 Å². The smallest absolute Gasteiger partial charge is 0.188 e. The van der Waals surface area contributed by atoms with Crippen LogP contribution >= 0.6 is 0 Å². The fourth-order valence-electron chi connectivity index (χ4n) is 1.68. The molecule has 0 bridgehead atoms. The minimum atomic E-state index is -0.420. The van der Waals surface area contributed by atoms with Crippen LogP contribution in [0.2, 0.25) is 0 Å². The highest BCUT2D eigenvalue weighted by molar-refractivity contribution is 5.34. The van der Waals surface area contributed by atoms with Gasteiger partial charge in [-0.1, -0.05) is 6.92 Å². The molecule has 1 fully saturated rings. The number of nitrogens with two attached hydrogens (primary N) is 1. The van der Waals surface area contributed by atoms with Crippen LogP contribution in [0.25, 0.3) is 0 Å². The Morgan fingerprint density at radius 2 is 2.27 bits per heavy atom. The van der Waals surface area contributed by atoms with Crippen molar-refractivity contribution >= 4 is 5.82 Å². The molecule has 0 amide bonds. The molecule has 1 aliphatic rings. The number of halogens is 1. The monoisotopic (exact) mass is 213 g/mol. The summed E-state index contributed by atoms with van der Waals surface area (Å²) in [5.74, 6) is -0.389. The van der Waals surface area contributed by atoms with Crippen LogP contribution in [0.4, 0.5) is 10.2 Å². The Morgan fingerprint density at radius 3 is 2.80 bits per heavy atom. The number of aliphatic hydroxyl groups is 1. The maximum atomic E-state index is 13.6. The fourth-order valence-corrected chi connectivity index (χ4v) is 1.68. The molecule has 0 spiro atoms. The average Bonchev–Trinajstić information content (AvgIpc) is 2.86. The molecule has 0 radical (unpaired) electrons. The number of nitrogen functional groups attached to an aromatic ring is 1. The van der Waals surface area contributed by atoms with Crippen molar-refractivity contribution in [2.45, 2.75) is 32.7 Å². The third-order valence-electron chi connectivity index (χ3n) is 3.01. The molecule has 1 aromatic heterocycles. The second-order valence-electron chi connectivity index (χ2n) is 4.58. The van der Waals surface area contributed by atoms with Gasteiger partial charge >= 0.3 is 0 Å². The molecule has 0 aliphatic heterocycles. The predicted octanol–water partition coefficient (Wildman–Crippen LogP) is 0.939. The molecule has 1 aromatic rings. The predicted molar refractivity (Wildman–Crippen MR) is 54.7 cm³/mol. The number of aromatic nitrogens is 2. The summed E-state index contributed by atoms with van der Waals surface area (Å²) >= 11 is 0. The lowest BCUT2D eigenvalue weighted by molar-refractivity contribution is 0.270. The zero-order valence-electron chi connectivity index (χ0n) is 8.83. The Kier molecular flexibility index (Phi) is 2.42. The van der Waals surface area contributed by atoms with E-state index in [-0.39, 0.29) is 24.4 Å². The van der Waals surface area contributed by atoms with Gasteiger partial charge in [-0.2, -0.15) is 5.10 Å². The average molecular weight is 213 g/mol. The molecule has 0 atom stereocenters. The fraction of sp³-hybridized carbons (Fsp3) is 0.700. The summed E-state index contributed by atoms with van der Waals surface area (Å²) in [6.45, 7) is 2.29. The molecule has 1 aliphatic carbocycles. The normalized spacial score (nSPS) is 18.1. The maximum Gasteiger partial charge on any atom is 0.188 e. The first-order chi connectivity index (χ1) is 7.06. The largest absolute Gasteiger partial charge is 0.394 e. The zero-order valence-corrected chi connectivity index (χ0v) is 8.83. The minimum absolute atomic E-state index is 0.0308. The molecule has 4 nitrogen and oxygen atoms in total. The molecule has 1 saturated carbocycles. The van der Waals surface area contributed by atoms with Crippen molar-refractivity contribution in [2.24, 2.45) is 5.41 Å². The highest BCUT2D eigenvalue weighted by atomic mass is 19.1. The molecule has 15 heavy (non-hydrogen) atoms. The molecule has 84 valence electrons.